The summed E-state index contributed by atoms with van der Waals surface area (Å²) < 4.78 is 5.11. The topological polar surface area (TPSA) is 34.1 Å². The summed E-state index contributed by atoms with van der Waals surface area (Å²) >= 11 is 1.77. The fourth-order valence-corrected chi connectivity index (χ4v) is 2.88. The molecule has 0 unspecified atom stereocenters. The molecule has 0 bridgehead atoms. The number of nitrogens with one attached hydrogen (secondary N) is 1. The van der Waals surface area contributed by atoms with Crippen molar-refractivity contribution < 1.29 is 4.74 Å². The lowest BCUT2D eigenvalue weighted by atomic mass is 10.1. The average Bonchev–Trinajstić information content (AvgIpc) is 2.81. The highest BCUT2D eigenvalue weighted by molar-refractivity contribution is 7.12. The van der Waals surface area contributed by atoms with Crippen LogP contribution in [0.2, 0.25) is 0 Å². The Morgan fingerprint density at radius 2 is 2.06 bits per heavy atom. The molecule has 0 atom stereocenters. The molecule has 0 spiro atoms. The van der Waals surface area contributed by atoms with E-state index in [4.69, 9.17) is 9.72 Å². The van der Waals surface area contributed by atoms with Crippen molar-refractivity contribution >= 4 is 11.3 Å². The minimum atomic E-state index is 0.723. The van der Waals surface area contributed by atoms with Gasteiger partial charge in [-0.25, -0.2) is 4.98 Å². The standard InChI is InChI=1S/C14H18N2OS/c1-15-10-12-14(11-6-4-3-5-7-11)16-13(18-12)8-9-17-2/h3-7,15H,8-10H2,1-2H3. The molecule has 1 N–H and O–H groups in total. The molecular formula is C14H18N2OS. The van der Waals surface area contributed by atoms with E-state index < -0.39 is 0 Å². The molecule has 0 saturated heterocycles. The predicted octanol–water partition coefficient (Wildman–Crippen LogP) is 2.72. The fourth-order valence-electron chi connectivity index (χ4n) is 1.80. The molecule has 0 aliphatic heterocycles. The molecule has 0 radical (unpaired) electrons. The molecule has 1 aromatic carbocycles. The fraction of sp³-hybridized carbons (Fsp3) is 0.357. The van der Waals surface area contributed by atoms with Crippen LogP contribution >= 0.6 is 11.3 Å². The number of thiazole rings is 1. The van der Waals surface area contributed by atoms with Gasteiger partial charge >= 0.3 is 0 Å². The molecule has 1 heterocycles. The lowest BCUT2D eigenvalue weighted by molar-refractivity contribution is 0.202. The van der Waals surface area contributed by atoms with Crippen LogP contribution in [0.25, 0.3) is 11.3 Å². The van der Waals surface area contributed by atoms with Gasteiger partial charge in [-0.05, 0) is 7.05 Å². The van der Waals surface area contributed by atoms with Gasteiger partial charge in [0.05, 0.1) is 17.3 Å². The van der Waals surface area contributed by atoms with Crippen molar-refractivity contribution in [2.75, 3.05) is 20.8 Å². The number of ether oxygens (including phenoxy) is 1. The summed E-state index contributed by atoms with van der Waals surface area (Å²) in [6.45, 7) is 1.58. The van der Waals surface area contributed by atoms with Crippen molar-refractivity contribution in [1.29, 1.82) is 0 Å². The Bertz CT molecular complexity index is 482. The van der Waals surface area contributed by atoms with Crippen LogP contribution in [0.3, 0.4) is 0 Å². The third-order valence-corrected chi connectivity index (χ3v) is 3.76. The Labute approximate surface area is 112 Å². The molecular weight excluding hydrogens is 244 g/mol. The van der Waals surface area contributed by atoms with Gasteiger partial charge in [-0.2, -0.15) is 0 Å². The maximum absolute atomic E-state index is 5.11. The van der Waals surface area contributed by atoms with E-state index in [0.29, 0.717) is 0 Å². The van der Waals surface area contributed by atoms with Crippen LogP contribution in [0, 0.1) is 0 Å². The van der Waals surface area contributed by atoms with Crippen LogP contribution in [0.4, 0.5) is 0 Å². The monoisotopic (exact) mass is 262 g/mol. The summed E-state index contributed by atoms with van der Waals surface area (Å²) in [6, 6.07) is 10.3. The molecule has 0 saturated carbocycles. The number of aromatic nitrogens is 1. The van der Waals surface area contributed by atoms with Crippen LogP contribution in [0.5, 0.6) is 0 Å². The summed E-state index contributed by atoms with van der Waals surface area (Å²) in [7, 11) is 3.68. The van der Waals surface area contributed by atoms with E-state index in [1.54, 1.807) is 18.4 Å². The SMILES string of the molecule is CNCc1sc(CCOC)nc1-c1ccccc1. The second-order valence-corrected chi connectivity index (χ2v) is 5.19. The van der Waals surface area contributed by atoms with Gasteiger partial charge in [0, 0.05) is 30.5 Å². The molecule has 2 aromatic rings. The summed E-state index contributed by atoms with van der Waals surface area (Å²) in [4.78, 5) is 6.02. The molecule has 1 aromatic heterocycles. The minimum Gasteiger partial charge on any atom is -0.384 e. The summed E-state index contributed by atoms with van der Waals surface area (Å²) in [5.74, 6) is 0. The van der Waals surface area contributed by atoms with Gasteiger partial charge in [-0.3, -0.25) is 0 Å². The van der Waals surface area contributed by atoms with E-state index >= 15 is 0 Å². The maximum Gasteiger partial charge on any atom is 0.0958 e. The second-order valence-electron chi connectivity index (χ2n) is 4.02. The number of benzene rings is 1. The first kappa shape index (κ1) is 13.2. The number of nitrogens with zero attached hydrogens (tertiary/aromatic N) is 1. The normalized spacial score (nSPS) is 10.8. The predicted molar refractivity (Wildman–Crippen MR) is 75.9 cm³/mol. The van der Waals surface area contributed by atoms with Crippen molar-refractivity contribution in [2.24, 2.45) is 0 Å². The molecule has 0 amide bonds. The Morgan fingerprint density at radius 1 is 1.28 bits per heavy atom. The first-order chi connectivity index (χ1) is 8.85. The molecule has 18 heavy (non-hydrogen) atoms. The highest BCUT2D eigenvalue weighted by Crippen LogP contribution is 2.28. The number of hydrogen-bond donors (Lipinski definition) is 1. The molecule has 0 aliphatic rings. The summed E-state index contributed by atoms with van der Waals surface area (Å²) in [6.07, 6.45) is 0.880. The van der Waals surface area contributed by atoms with Crippen molar-refractivity contribution in [2.45, 2.75) is 13.0 Å². The average molecular weight is 262 g/mol. The van der Waals surface area contributed by atoms with Gasteiger partial charge in [0.2, 0.25) is 0 Å². The number of methoxy groups -OCH3 is 1. The van der Waals surface area contributed by atoms with E-state index in [0.717, 1.165) is 30.3 Å². The Morgan fingerprint density at radius 3 is 2.72 bits per heavy atom. The Kier molecular flexibility index (Phi) is 4.87. The van der Waals surface area contributed by atoms with Crippen LogP contribution in [-0.2, 0) is 17.7 Å². The molecule has 3 nitrogen and oxygen atoms in total. The van der Waals surface area contributed by atoms with E-state index in [-0.39, 0.29) is 0 Å². The van der Waals surface area contributed by atoms with Crippen molar-refractivity contribution in [3.63, 3.8) is 0 Å². The van der Waals surface area contributed by atoms with E-state index in [1.807, 2.05) is 25.2 Å². The minimum absolute atomic E-state index is 0.723. The maximum atomic E-state index is 5.11. The largest absolute Gasteiger partial charge is 0.384 e. The zero-order chi connectivity index (χ0) is 12.8. The quantitative estimate of drug-likeness (QED) is 0.869. The van der Waals surface area contributed by atoms with Crippen molar-refractivity contribution in [3.05, 3.63) is 40.2 Å². The van der Waals surface area contributed by atoms with E-state index in [1.165, 1.54) is 10.4 Å². The lowest BCUT2D eigenvalue weighted by Crippen LogP contribution is -2.04. The number of hydrogen-bond acceptors (Lipinski definition) is 4. The van der Waals surface area contributed by atoms with E-state index in [9.17, 15) is 0 Å². The molecule has 0 fully saturated rings. The Hall–Kier alpha value is -1.23. The third-order valence-electron chi connectivity index (χ3n) is 2.65. The van der Waals surface area contributed by atoms with Gasteiger partial charge in [-0.15, -0.1) is 11.3 Å². The van der Waals surface area contributed by atoms with Crippen LogP contribution < -0.4 is 5.32 Å². The summed E-state index contributed by atoms with van der Waals surface area (Å²) in [5, 5.41) is 4.34. The zero-order valence-corrected chi connectivity index (χ0v) is 11.6. The highest BCUT2D eigenvalue weighted by Gasteiger charge is 2.11. The highest BCUT2D eigenvalue weighted by atomic mass is 32.1. The molecule has 0 aliphatic carbocycles. The van der Waals surface area contributed by atoms with Gasteiger partial charge < -0.3 is 10.1 Å². The Balaban J connectivity index is 2.29. The molecule has 2 rings (SSSR count). The number of rotatable bonds is 6. The van der Waals surface area contributed by atoms with Crippen LogP contribution in [-0.4, -0.2) is 25.7 Å². The van der Waals surface area contributed by atoms with Crippen LogP contribution in [0.15, 0.2) is 30.3 Å². The van der Waals surface area contributed by atoms with Gasteiger partial charge in [0.25, 0.3) is 0 Å². The van der Waals surface area contributed by atoms with Crippen molar-refractivity contribution in [1.82, 2.24) is 10.3 Å². The van der Waals surface area contributed by atoms with Gasteiger partial charge in [-0.1, -0.05) is 30.3 Å². The van der Waals surface area contributed by atoms with E-state index in [2.05, 4.69) is 17.4 Å². The third kappa shape index (κ3) is 3.16. The zero-order valence-electron chi connectivity index (χ0n) is 10.8. The first-order valence-electron chi connectivity index (χ1n) is 6.02. The van der Waals surface area contributed by atoms with Crippen molar-refractivity contribution in [3.8, 4) is 11.3 Å². The molecule has 96 valence electrons. The summed E-state index contributed by atoms with van der Waals surface area (Å²) in [5.41, 5.74) is 2.28. The lowest BCUT2D eigenvalue weighted by Gasteiger charge is -2.00. The first-order valence-corrected chi connectivity index (χ1v) is 6.84. The van der Waals surface area contributed by atoms with Crippen LogP contribution in [0.1, 0.15) is 9.88 Å². The molecule has 4 heteroatoms. The van der Waals surface area contributed by atoms with Gasteiger partial charge in [0.15, 0.2) is 0 Å². The second kappa shape index (κ2) is 6.64. The van der Waals surface area contributed by atoms with Gasteiger partial charge in [0.1, 0.15) is 0 Å². The smallest absolute Gasteiger partial charge is 0.0958 e.